The number of aromatic nitrogens is 5. The van der Waals surface area contributed by atoms with E-state index >= 15 is 0 Å². The summed E-state index contributed by atoms with van der Waals surface area (Å²) in [6.45, 7) is 1.42. The molecule has 0 saturated heterocycles. The number of benzene rings is 3. The Hall–Kier alpha value is -5.42. The van der Waals surface area contributed by atoms with E-state index in [1.54, 1.807) is 31.8 Å². The van der Waals surface area contributed by atoms with Crippen molar-refractivity contribution < 1.29 is 14.6 Å². The summed E-state index contributed by atoms with van der Waals surface area (Å²) in [5, 5.41) is 17.8. The van der Waals surface area contributed by atoms with Gasteiger partial charge >= 0.3 is 0 Å². The van der Waals surface area contributed by atoms with Gasteiger partial charge in [0.15, 0.2) is 0 Å². The molecule has 0 saturated carbocycles. The molecule has 206 valence electrons. The number of aliphatic hydroxyl groups excluding tert-OH is 1. The van der Waals surface area contributed by atoms with Crippen molar-refractivity contribution in [1.82, 2.24) is 24.5 Å². The fourth-order valence-corrected chi connectivity index (χ4v) is 4.91. The summed E-state index contributed by atoms with van der Waals surface area (Å²) in [7, 11) is 1.57. The molecule has 0 fully saturated rings. The number of ether oxygens (including phenoxy) is 1. The SMILES string of the molecule is COc1cc(NC(=O)[C@H](CO)Nc2cc[nH]c(=O)c2-c2nc3c(C)cc(-n4ccnc4)cc3[nH]2)cc2ccccc12. The topological polar surface area (TPSA) is 150 Å². The van der Waals surface area contributed by atoms with Gasteiger partial charge in [0.25, 0.3) is 5.56 Å². The molecule has 3 aromatic heterocycles. The first-order chi connectivity index (χ1) is 19.9. The average molecular weight is 550 g/mol. The van der Waals surface area contributed by atoms with E-state index in [0.717, 1.165) is 27.5 Å². The Labute approximate surface area is 233 Å². The molecule has 3 aromatic carbocycles. The van der Waals surface area contributed by atoms with Crippen molar-refractivity contribution in [2.45, 2.75) is 13.0 Å². The Morgan fingerprint density at radius 2 is 2.02 bits per heavy atom. The molecule has 1 atom stereocenters. The van der Waals surface area contributed by atoms with Crippen LogP contribution in [0.4, 0.5) is 11.4 Å². The number of anilines is 2. The number of hydrogen-bond donors (Lipinski definition) is 5. The van der Waals surface area contributed by atoms with Gasteiger partial charge in [0, 0.05) is 41.4 Å². The van der Waals surface area contributed by atoms with Gasteiger partial charge in [-0.3, -0.25) is 9.59 Å². The van der Waals surface area contributed by atoms with E-state index in [0.29, 0.717) is 28.5 Å². The second-order valence-electron chi connectivity index (χ2n) is 9.58. The number of pyridine rings is 1. The molecule has 1 amide bonds. The predicted molar refractivity (Wildman–Crippen MR) is 158 cm³/mol. The number of amides is 1. The summed E-state index contributed by atoms with van der Waals surface area (Å²) in [5.74, 6) is 0.452. The van der Waals surface area contributed by atoms with Crippen molar-refractivity contribution >= 4 is 39.1 Å². The third kappa shape index (κ3) is 4.90. The first-order valence-electron chi connectivity index (χ1n) is 12.9. The highest BCUT2D eigenvalue weighted by Crippen LogP contribution is 2.31. The summed E-state index contributed by atoms with van der Waals surface area (Å²) in [6, 6.07) is 15.7. The molecule has 0 bridgehead atoms. The van der Waals surface area contributed by atoms with Crippen LogP contribution in [-0.4, -0.2) is 55.3 Å². The highest BCUT2D eigenvalue weighted by molar-refractivity contribution is 6.00. The second-order valence-corrected chi connectivity index (χ2v) is 9.58. The van der Waals surface area contributed by atoms with Crippen LogP contribution in [0.15, 0.2) is 84.3 Å². The number of aryl methyl sites for hydroxylation is 1. The normalized spacial score (nSPS) is 12.0. The molecule has 6 rings (SSSR count). The maximum Gasteiger partial charge on any atom is 0.261 e. The molecule has 0 aliphatic rings. The van der Waals surface area contributed by atoms with Crippen LogP contribution in [0.1, 0.15) is 5.56 Å². The van der Waals surface area contributed by atoms with E-state index in [9.17, 15) is 14.7 Å². The van der Waals surface area contributed by atoms with Gasteiger partial charge in [0.1, 0.15) is 23.2 Å². The number of carbonyl (C=O) groups is 1. The first kappa shape index (κ1) is 25.8. The average Bonchev–Trinajstić information content (AvgIpc) is 3.66. The highest BCUT2D eigenvalue weighted by Gasteiger charge is 2.22. The molecule has 0 aliphatic heterocycles. The Bertz CT molecular complexity index is 1940. The Balaban J connectivity index is 1.31. The van der Waals surface area contributed by atoms with Crippen molar-refractivity contribution in [3.8, 4) is 22.8 Å². The van der Waals surface area contributed by atoms with E-state index < -0.39 is 24.1 Å². The zero-order chi connectivity index (χ0) is 28.5. The van der Waals surface area contributed by atoms with Crippen molar-refractivity contribution in [2.75, 3.05) is 24.4 Å². The molecular formula is C30H27N7O4. The summed E-state index contributed by atoms with van der Waals surface area (Å²) in [6.07, 6.45) is 6.72. The number of carbonyl (C=O) groups excluding carboxylic acids is 1. The smallest absolute Gasteiger partial charge is 0.261 e. The van der Waals surface area contributed by atoms with Crippen LogP contribution in [0.2, 0.25) is 0 Å². The van der Waals surface area contributed by atoms with Crippen molar-refractivity contribution in [3.05, 3.63) is 95.4 Å². The summed E-state index contributed by atoms with van der Waals surface area (Å²) in [4.78, 5) is 41.0. The number of rotatable bonds is 8. The molecule has 11 heteroatoms. The zero-order valence-electron chi connectivity index (χ0n) is 22.3. The van der Waals surface area contributed by atoms with Gasteiger partial charge in [-0.15, -0.1) is 0 Å². The predicted octanol–water partition coefficient (Wildman–Crippen LogP) is 3.99. The van der Waals surface area contributed by atoms with Gasteiger partial charge in [-0.1, -0.05) is 24.3 Å². The van der Waals surface area contributed by atoms with E-state index in [4.69, 9.17) is 9.72 Å². The monoisotopic (exact) mass is 549 g/mol. The lowest BCUT2D eigenvalue weighted by Crippen LogP contribution is -2.38. The standard InChI is InChI=1S/C30H27N7O4/c1-17-11-20(37-10-9-31-16-37)14-23-27(17)36-28(35-23)26-22(7-8-32-30(26)40)34-24(15-38)29(39)33-19-12-18-5-3-4-6-21(18)25(13-19)41-2/h3-14,16,24,38H,15H2,1-2H3,(H,33,39)(H,35,36)(H2,32,34,40)/t24-/m0/s1. The third-order valence-electron chi connectivity index (χ3n) is 6.90. The fraction of sp³-hybridized carbons (Fsp3) is 0.133. The van der Waals surface area contributed by atoms with Crippen molar-refractivity contribution in [2.24, 2.45) is 0 Å². The third-order valence-corrected chi connectivity index (χ3v) is 6.90. The number of nitrogens with zero attached hydrogens (tertiary/aromatic N) is 3. The largest absolute Gasteiger partial charge is 0.496 e. The first-order valence-corrected chi connectivity index (χ1v) is 12.9. The van der Waals surface area contributed by atoms with Gasteiger partial charge in [0.2, 0.25) is 5.91 Å². The van der Waals surface area contributed by atoms with E-state index in [1.165, 1.54) is 6.20 Å². The number of aromatic amines is 2. The lowest BCUT2D eigenvalue weighted by atomic mass is 10.1. The molecule has 0 spiro atoms. The molecule has 0 unspecified atom stereocenters. The minimum absolute atomic E-state index is 0.214. The van der Waals surface area contributed by atoms with Crippen LogP contribution in [0.5, 0.6) is 5.75 Å². The van der Waals surface area contributed by atoms with Crippen LogP contribution in [0, 0.1) is 6.92 Å². The zero-order valence-corrected chi connectivity index (χ0v) is 22.3. The molecular weight excluding hydrogens is 522 g/mol. The van der Waals surface area contributed by atoms with E-state index in [-0.39, 0.29) is 5.56 Å². The van der Waals surface area contributed by atoms with Gasteiger partial charge in [0.05, 0.1) is 36.8 Å². The van der Waals surface area contributed by atoms with Gasteiger partial charge in [-0.25, -0.2) is 9.97 Å². The maximum atomic E-state index is 13.3. The molecule has 0 aliphatic carbocycles. The highest BCUT2D eigenvalue weighted by atomic mass is 16.5. The minimum Gasteiger partial charge on any atom is -0.496 e. The minimum atomic E-state index is -1.06. The van der Waals surface area contributed by atoms with Gasteiger partial charge < -0.3 is 35.0 Å². The number of nitrogens with one attached hydrogen (secondary N) is 4. The van der Waals surface area contributed by atoms with Crippen LogP contribution >= 0.6 is 0 Å². The number of fused-ring (bicyclic) bond motifs is 2. The number of H-pyrrole nitrogens is 2. The number of methoxy groups -OCH3 is 1. The Morgan fingerprint density at radius 1 is 1.17 bits per heavy atom. The lowest BCUT2D eigenvalue weighted by molar-refractivity contribution is -0.117. The van der Waals surface area contributed by atoms with Crippen molar-refractivity contribution in [1.29, 1.82) is 0 Å². The number of imidazole rings is 2. The van der Waals surface area contributed by atoms with Crippen LogP contribution < -0.4 is 20.9 Å². The van der Waals surface area contributed by atoms with Crippen molar-refractivity contribution in [3.63, 3.8) is 0 Å². The quantitative estimate of drug-likeness (QED) is 0.193. The number of hydrogen-bond acceptors (Lipinski definition) is 7. The Morgan fingerprint density at radius 3 is 2.80 bits per heavy atom. The molecule has 0 radical (unpaired) electrons. The van der Waals surface area contributed by atoms with Crippen LogP contribution in [0.25, 0.3) is 38.9 Å². The van der Waals surface area contributed by atoms with E-state index in [1.807, 2.05) is 60.2 Å². The molecule has 6 aromatic rings. The Kier molecular flexibility index (Phi) is 6.70. The summed E-state index contributed by atoms with van der Waals surface area (Å²) < 4.78 is 7.38. The molecule has 41 heavy (non-hydrogen) atoms. The maximum absolute atomic E-state index is 13.3. The summed E-state index contributed by atoms with van der Waals surface area (Å²) in [5.41, 5.74) is 3.91. The summed E-state index contributed by atoms with van der Waals surface area (Å²) >= 11 is 0. The molecule has 3 heterocycles. The van der Waals surface area contributed by atoms with Crippen LogP contribution in [-0.2, 0) is 4.79 Å². The molecule has 5 N–H and O–H groups in total. The van der Waals surface area contributed by atoms with Gasteiger partial charge in [-0.2, -0.15) is 0 Å². The van der Waals surface area contributed by atoms with Crippen LogP contribution in [0.3, 0.4) is 0 Å². The van der Waals surface area contributed by atoms with Gasteiger partial charge in [-0.05, 0) is 42.1 Å². The second kappa shape index (κ2) is 10.6. The number of aliphatic hydroxyl groups is 1. The fourth-order valence-electron chi connectivity index (χ4n) is 4.91. The lowest BCUT2D eigenvalue weighted by Gasteiger charge is -2.19. The molecule has 11 nitrogen and oxygen atoms in total. The van der Waals surface area contributed by atoms with E-state index in [2.05, 4.69) is 25.6 Å².